The molecule has 7 heteroatoms. The molecule has 7 nitrogen and oxygen atoms in total. The van der Waals surface area contributed by atoms with Crippen molar-refractivity contribution in [1.82, 2.24) is 29.9 Å². The zero-order valence-corrected chi connectivity index (χ0v) is 10.1. The van der Waals surface area contributed by atoms with E-state index in [9.17, 15) is 0 Å². The number of hydrogen-bond acceptors (Lipinski definition) is 6. The summed E-state index contributed by atoms with van der Waals surface area (Å²) in [7, 11) is 0. The summed E-state index contributed by atoms with van der Waals surface area (Å²) >= 11 is 0. The lowest BCUT2D eigenvalue weighted by molar-refractivity contribution is 0.793. The van der Waals surface area contributed by atoms with Crippen LogP contribution in [0.25, 0.3) is 17.0 Å². The molecule has 0 radical (unpaired) electrons. The highest BCUT2D eigenvalue weighted by molar-refractivity contribution is 5.76. The van der Waals surface area contributed by atoms with Crippen molar-refractivity contribution in [1.29, 1.82) is 0 Å². The molecule has 2 heterocycles. The Morgan fingerprint density at radius 2 is 1.95 bits per heavy atom. The Labute approximate surface area is 109 Å². The summed E-state index contributed by atoms with van der Waals surface area (Å²) in [5, 5.41) is 18.9. The van der Waals surface area contributed by atoms with Crippen LogP contribution in [0, 0.1) is 0 Å². The summed E-state index contributed by atoms with van der Waals surface area (Å²) in [6, 6.07) is 7.73. The standard InChI is InChI=1S/C12H11N7/c1-2-7-13-11-15-17-12(18-16-11)19-8-14-9-5-3-4-6-10(9)19/h2-6,8H,1,7H2,(H,13,15,16). The molecule has 0 atom stereocenters. The minimum Gasteiger partial charge on any atom is -0.348 e. The number of aromatic nitrogens is 6. The topological polar surface area (TPSA) is 81.4 Å². The average molecular weight is 253 g/mol. The van der Waals surface area contributed by atoms with E-state index >= 15 is 0 Å². The van der Waals surface area contributed by atoms with Crippen LogP contribution in [-0.2, 0) is 0 Å². The maximum absolute atomic E-state index is 4.27. The average Bonchev–Trinajstić information content (AvgIpc) is 2.90. The maximum atomic E-state index is 4.27. The Kier molecular flexibility index (Phi) is 2.85. The summed E-state index contributed by atoms with van der Waals surface area (Å²) in [6.45, 7) is 4.16. The van der Waals surface area contributed by atoms with E-state index in [2.05, 4.69) is 37.3 Å². The summed E-state index contributed by atoms with van der Waals surface area (Å²) in [4.78, 5) is 4.27. The predicted octanol–water partition coefficient (Wildman–Crippen LogP) is 1.20. The molecule has 0 bridgehead atoms. The summed E-state index contributed by atoms with van der Waals surface area (Å²) < 4.78 is 1.74. The van der Waals surface area contributed by atoms with Gasteiger partial charge in [0.15, 0.2) is 0 Å². The Balaban J connectivity index is 1.95. The van der Waals surface area contributed by atoms with E-state index < -0.39 is 0 Å². The number of nitrogens with zero attached hydrogens (tertiary/aromatic N) is 6. The molecule has 1 aromatic carbocycles. The molecular formula is C12H11N7. The van der Waals surface area contributed by atoms with E-state index in [1.807, 2.05) is 24.3 Å². The third-order valence-electron chi connectivity index (χ3n) is 2.54. The van der Waals surface area contributed by atoms with Crippen molar-refractivity contribution in [3.05, 3.63) is 43.2 Å². The molecule has 0 spiro atoms. The third kappa shape index (κ3) is 2.13. The molecule has 3 aromatic rings. The van der Waals surface area contributed by atoms with Gasteiger partial charge in [0.05, 0.1) is 11.0 Å². The highest BCUT2D eigenvalue weighted by atomic mass is 15.4. The molecular weight excluding hydrogens is 242 g/mol. The van der Waals surface area contributed by atoms with E-state index in [1.165, 1.54) is 0 Å². The molecule has 0 aliphatic carbocycles. The van der Waals surface area contributed by atoms with Gasteiger partial charge in [0.2, 0.25) is 0 Å². The second-order valence-corrected chi connectivity index (χ2v) is 3.80. The van der Waals surface area contributed by atoms with Crippen molar-refractivity contribution in [2.45, 2.75) is 0 Å². The zero-order valence-electron chi connectivity index (χ0n) is 10.1. The highest BCUT2D eigenvalue weighted by Crippen LogP contribution is 2.14. The number of hydrogen-bond donors (Lipinski definition) is 1. The number of anilines is 1. The number of rotatable bonds is 4. The molecule has 0 fully saturated rings. The van der Waals surface area contributed by atoms with Crippen molar-refractivity contribution >= 4 is 17.0 Å². The van der Waals surface area contributed by atoms with Crippen molar-refractivity contribution in [2.24, 2.45) is 0 Å². The van der Waals surface area contributed by atoms with Crippen LogP contribution in [-0.4, -0.2) is 36.5 Å². The van der Waals surface area contributed by atoms with Crippen LogP contribution in [0.5, 0.6) is 0 Å². The zero-order chi connectivity index (χ0) is 13.1. The molecule has 0 saturated heterocycles. The van der Waals surface area contributed by atoms with Crippen LogP contribution in [0.2, 0.25) is 0 Å². The number of para-hydroxylation sites is 2. The molecule has 0 aliphatic rings. The lowest BCUT2D eigenvalue weighted by Gasteiger charge is -2.02. The molecule has 2 aromatic heterocycles. The van der Waals surface area contributed by atoms with Gasteiger partial charge in [0.25, 0.3) is 11.9 Å². The number of nitrogens with one attached hydrogen (secondary N) is 1. The first kappa shape index (κ1) is 11.3. The Morgan fingerprint density at radius 1 is 1.16 bits per heavy atom. The molecule has 0 amide bonds. The lowest BCUT2D eigenvalue weighted by Crippen LogP contribution is -2.09. The third-order valence-corrected chi connectivity index (χ3v) is 2.54. The Hall–Kier alpha value is -2.83. The predicted molar refractivity (Wildman–Crippen MR) is 70.9 cm³/mol. The molecule has 0 saturated carbocycles. The second kappa shape index (κ2) is 4.81. The minimum atomic E-state index is 0.369. The van der Waals surface area contributed by atoms with Gasteiger partial charge in [-0.05, 0) is 12.1 Å². The summed E-state index contributed by atoms with van der Waals surface area (Å²) in [6.07, 6.45) is 3.36. The van der Waals surface area contributed by atoms with E-state index in [0.29, 0.717) is 18.4 Å². The Morgan fingerprint density at radius 3 is 2.74 bits per heavy atom. The first-order valence-corrected chi connectivity index (χ1v) is 5.73. The summed E-state index contributed by atoms with van der Waals surface area (Å²) in [5.41, 5.74) is 1.79. The van der Waals surface area contributed by atoms with Gasteiger partial charge in [-0.2, -0.15) is 0 Å². The van der Waals surface area contributed by atoms with Gasteiger partial charge in [0, 0.05) is 6.54 Å². The van der Waals surface area contributed by atoms with Crippen LogP contribution < -0.4 is 5.32 Å². The summed E-state index contributed by atoms with van der Waals surface area (Å²) in [5.74, 6) is 0.755. The first-order chi connectivity index (χ1) is 9.38. The fourth-order valence-corrected chi connectivity index (χ4v) is 1.67. The van der Waals surface area contributed by atoms with Crippen LogP contribution in [0.15, 0.2) is 43.2 Å². The quantitative estimate of drug-likeness (QED) is 0.704. The molecule has 0 aliphatic heterocycles. The van der Waals surface area contributed by atoms with Crippen LogP contribution in [0.3, 0.4) is 0 Å². The highest BCUT2D eigenvalue weighted by Gasteiger charge is 2.07. The van der Waals surface area contributed by atoms with Crippen LogP contribution in [0.4, 0.5) is 5.95 Å². The van der Waals surface area contributed by atoms with E-state index in [-0.39, 0.29) is 0 Å². The van der Waals surface area contributed by atoms with Crippen LogP contribution in [0.1, 0.15) is 0 Å². The minimum absolute atomic E-state index is 0.369. The number of imidazole rings is 1. The van der Waals surface area contributed by atoms with Gasteiger partial charge in [-0.1, -0.05) is 18.2 Å². The molecule has 3 rings (SSSR count). The number of benzene rings is 1. The van der Waals surface area contributed by atoms with E-state index in [1.54, 1.807) is 17.0 Å². The Bertz CT molecular complexity index is 701. The normalized spacial score (nSPS) is 10.5. The van der Waals surface area contributed by atoms with E-state index in [0.717, 1.165) is 11.0 Å². The second-order valence-electron chi connectivity index (χ2n) is 3.80. The first-order valence-electron chi connectivity index (χ1n) is 5.73. The molecule has 0 unspecified atom stereocenters. The van der Waals surface area contributed by atoms with Gasteiger partial charge in [0.1, 0.15) is 6.33 Å². The molecule has 94 valence electrons. The van der Waals surface area contributed by atoms with Crippen molar-refractivity contribution in [2.75, 3.05) is 11.9 Å². The van der Waals surface area contributed by atoms with E-state index in [4.69, 9.17) is 0 Å². The SMILES string of the molecule is C=CCNc1nnc(-n2cnc3ccccc32)nn1. The van der Waals surface area contributed by atoms with Gasteiger partial charge >= 0.3 is 0 Å². The van der Waals surface area contributed by atoms with Gasteiger partial charge < -0.3 is 5.32 Å². The van der Waals surface area contributed by atoms with Gasteiger partial charge in [-0.25, -0.2) is 4.98 Å². The fraction of sp³-hybridized carbons (Fsp3) is 0.0833. The number of fused-ring (bicyclic) bond motifs is 1. The maximum Gasteiger partial charge on any atom is 0.274 e. The van der Waals surface area contributed by atoms with Crippen molar-refractivity contribution in [3.63, 3.8) is 0 Å². The molecule has 1 N–H and O–H groups in total. The smallest absolute Gasteiger partial charge is 0.274 e. The van der Waals surface area contributed by atoms with Crippen molar-refractivity contribution in [3.8, 4) is 5.95 Å². The molecule has 19 heavy (non-hydrogen) atoms. The monoisotopic (exact) mass is 253 g/mol. The fourth-order valence-electron chi connectivity index (χ4n) is 1.67. The van der Waals surface area contributed by atoms with Crippen molar-refractivity contribution < 1.29 is 0 Å². The van der Waals surface area contributed by atoms with Gasteiger partial charge in [-0.3, -0.25) is 4.57 Å². The van der Waals surface area contributed by atoms with Gasteiger partial charge in [-0.15, -0.1) is 27.0 Å². The lowest BCUT2D eigenvalue weighted by atomic mass is 10.3. The van der Waals surface area contributed by atoms with Crippen LogP contribution >= 0.6 is 0 Å². The largest absolute Gasteiger partial charge is 0.348 e.